The summed E-state index contributed by atoms with van der Waals surface area (Å²) in [6, 6.07) is 12.9. The van der Waals surface area contributed by atoms with Crippen LogP contribution in [0.4, 0.5) is 11.5 Å². The van der Waals surface area contributed by atoms with Crippen LogP contribution in [0.3, 0.4) is 0 Å². The summed E-state index contributed by atoms with van der Waals surface area (Å²) >= 11 is 0. The maximum atomic E-state index is 12.7. The number of likely N-dealkylation sites (N-methyl/N-ethyl adjacent to an activating group) is 1. The summed E-state index contributed by atoms with van der Waals surface area (Å²) in [5, 5.41) is 2.84. The highest BCUT2D eigenvalue weighted by molar-refractivity contribution is 6.08. The van der Waals surface area contributed by atoms with E-state index in [9.17, 15) is 4.79 Å². The van der Waals surface area contributed by atoms with E-state index in [1.54, 1.807) is 36.8 Å². The number of hydrogen-bond acceptors (Lipinski definition) is 6. The van der Waals surface area contributed by atoms with Crippen molar-refractivity contribution in [2.75, 3.05) is 38.0 Å². The lowest BCUT2D eigenvalue weighted by Crippen LogP contribution is -2.21. The number of carbonyl (C=O) groups excluding carboxylic acids is 1. The zero-order valence-corrected chi connectivity index (χ0v) is 16.8. The van der Waals surface area contributed by atoms with Crippen molar-refractivity contribution in [1.29, 1.82) is 0 Å². The van der Waals surface area contributed by atoms with Gasteiger partial charge in [-0.05, 0) is 48.4 Å². The van der Waals surface area contributed by atoms with Gasteiger partial charge < -0.3 is 19.7 Å². The number of ether oxygens (including phenoxy) is 2. The maximum absolute atomic E-state index is 12.7. The summed E-state index contributed by atoms with van der Waals surface area (Å²) in [5.74, 6) is 1.40. The summed E-state index contributed by atoms with van der Waals surface area (Å²) in [6.07, 6.45) is 6.12. The molecule has 3 rings (SSSR count). The van der Waals surface area contributed by atoms with Crippen LogP contribution in [-0.4, -0.2) is 43.7 Å². The first-order valence-electron chi connectivity index (χ1n) is 9.21. The van der Waals surface area contributed by atoms with Gasteiger partial charge in [0.2, 0.25) is 0 Å². The van der Waals surface area contributed by atoms with E-state index in [1.165, 1.54) is 19.8 Å². The van der Waals surface area contributed by atoms with E-state index >= 15 is 0 Å². The Morgan fingerprint density at radius 3 is 2.31 bits per heavy atom. The molecule has 0 aliphatic heterocycles. The molecular formula is C22H24N4O3. The number of pyridine rings is 2. The van der Waals surface area contributed by atoms with Crippen LogP contribution in [0.1, 0.15) is 15.9 Å². The minimum Gasteiger partial charge on any atom is -0.496 e. The summed E-state index contributed by atoms with van der Waals surface area (Å²) in [4.78, 5) is 23.3. The van der Waals surface area contributed by atoms with Gasteiger partial charge >= 0.3 is 0 Å². The van der Waals surface area contributed by atoms with Crippen molar-refractivity contribution in [1.82, 2.24) is 9.97 Å². The number of nitrogens with zero attached hydrogens (tertiary/aromatic N) is 3. The van der Waals surface area contributed by atoms with Crippen LogP contribution >= 0.6 is 0 Å². The topological polar surface area (TPSA) is 76.6 Å². The Bertz CT molecular complexity index is 924. The molecule has 1 N–H and O–H groups in total. The van der Waals surface area contributed by atoms with Crippen LogP contribution < -0.4 is 19.7 Å². The van der Waals surface area contributed by atoms with Crippen LogP contribution in [0.5, 0.6) is 11.5 Å². The molecule has 7 nitrogen and oxygen atoms in total. The number of aromatic nitrogens is 2. The van der Waals surface area contributed by atoms with Crippen molar-refractivity contribution in [2.45, 2.75) is 6.42 Å². The van der Waals surface area contributed by atoms with E-state index < -0.39 is 0 Å². The molecule has 0 bridgehead atoms. The zero-order chi connectivity index (χ0) is 20.6. The first-order chi connectivity index (χ1) is 14.1. The number of carbonyl (C=O) groups is 1. The van der Waals surface area contributed by atoms with Gasteiger partial charge in [-0.15, -0.1) is 0 Å². The van der Waals surface area contributed by atoms with Gasteiger partial charge in [0.05, 0.1) is 26.1 Å². The predicted molar refractivity (Wildman–Crippen MR) is 113 cm³/mol. The third kappa shape index (κ3) is 5.01. The summed E-state index contributed by atoms with van der Waals surface area (Å²) in [6.45, 7) is 0.821. The number of amides is 1. The maximum Gasteiger partial charge on any atom is 0.263 e. The molecule has 0 aliphatic rings. The third-order valence-corrected chi connectivity index (χ3v) is 4.54. The Kier molecular flexibility index (Phi) is 6.63. The molecule has 3 aromatic rings. The molecule has 0 aliphatic carbocycles. The number of anilines is 2. The highest BCUT2D eigenvalue weighted by Gasteiger charge is 2.18. The first-order valence-corrected chi connectivity index (χ1v) is 9.21. The molecule has 2 heterocycles. The van der Waals surface area contributed by atoms with E-state index in [-0.39, 0.29) is 5.91 Å². The van der Waals surface area contributed by atoms with Crippen molar-refractivity contribution in [3.63, 3.8) is 0 Å². The molecule has 0 atom stereocenters. The van der Waals surface area contributed by atoms with Gasteiger partial charge in [-0.1, -0.05) is 6.07 Å². The second kappa shape index (κ2) is 9.54. The van der Waals surface area contributed by atoms with E-state index in [2.05, 4.69) is 20.2 Å². The molecule has 0 radical (unpaired) electrons. The van der Waals surface area contributed by atoms with Gasteiger partial charge in [0.1, 0.15) is 22.9 Å². The van der Waals surface area contributed by atoms with E-state index in [4.69, 9.17) is 9.47 Å². The van der Waals surface area contributed by atoms with Crippen LogP contribution in [0, 0.1) is 0 Å². The van der Waals surface area contributed by atoms with Crippen molar-refractivity contribution in [3.05, 3.63) is 72.2 Å². The zero-order valence-electron chi connectivity index (χ0n) is 16.8. The fourth-order valence-corrected chi connectivity index (χ4v) is 2.92. The molecule has 0 fully saturated rings. The summed E-state index contributed by atoms with van der Waals surface area (Å²) < 4.78 is 10.6. The largest absolute Gasteiger partial charge is 0.496 e. The van der Waals surface area contributed by atoms with Gasteiger partial charge in [0.15, 0.2) is 0 Å². The Morgan fingerprint density at radius 2 is 1.72 bits per heavy atom. The minimum atomic E-state index is -0.320. The standard InChI is InChI=1S/C22H24N4O3/c1-26(14-11-16-9-12-23-13-10-16)20-8-7-17(15-24-20)25-22(27)21-18(28-2)5-4-6-19(21)29-3/h4-10,12-13,15H,11,14H2,1-3H3,(H,25,27). The lowest BCUT2D eigenvalue weighted by Gasteiger charge is -2.18. The van der Waals surface area contributed by atoms with Crippen molar-refractivity contribution in [3.8, 4) is 11.5 Å². The second-order valence-electron chi connectivity index (χ2n) is 6.42. The molecule has 0 saturated carbocycles. The monoisotopic (exact) mass is 392 g/mol. The van der Waals surface area contributed by atoms with E-state index in [0.29, 0.717) is 22.7 Å². The fourth-order valence-electron chi connectivity index (χ4n) is 2.92. The fraction of sp³-hybridized carbons (Fsp3) is 0.227. The van der Waals surface area contributed by atoms with Crippen LogP contribution in [0.2, 0.25) is 0 Å². The lowest BCUT2D eigenvalue weighted by atomic mass is 10.1. The van der Waals surface area contributed by atoms with Crippen LogP contribution in [-0.2, 0) is 6.42 Å². The molecule has 29 heavy (non-hydrogen) atoms. The second-order valence-corrected chi connectivity index (χ2v) is 6.42. The molecule has 0 unspecified atom stereocenters. The highest BCUT2D eigenvalue weighted by atomic mass is 16.5. The summed E-state index contributed by atoms with van der Waals surface area (Å²) in [7, 11) is 5.02. The van der Waals surface area contributed by atoms with Crippen LogP contribution in [0.15, 0.2) is 61.1 Å². The van der Waals surface area contributed by atoms with E-state index in [0.717, 1.165) is 18.8 Å². The number of rotatable bonds is 8. The normalized spacial score (nSPS) is 10.3. The van der Waals surface area contributed by atoms with Crippen LogP contribution in [0.25, 0.3) is 0 Å². The molecule has 7 heteroatoms. The number of nitrogens with one attached hydrogen (secondary N) is 1. The molecule has 150 valence electrons. The molecule has 2 aromatic heterocycles. The number of hydrogen-bond donors (Lipinski definition) is 1. The SMILES string of the molecule is COc1cccc(OC)c1C(=O)Nc1ccc(N(C)CCc2ccncc2)nc1. The Hall–Kier alpha value is -3.61. The smallest absolute Gasteiger partial charge is 0.263 e. The Balaban J connectivity index is 1.65. The predicted octanol–water partition coefficient (Wildman–Crippen LogP) is 3.43. The lowest BCUT2D eigenvalue weighted by molar-refractivity contribution is 0.102. The molecular weight excluding hydrogens is 368 g/mol. The van der Waals surface area contributed by atoms with Crippen molar-refractivity contribution in [2.24, 2.45) is 0 Å². The minimum absolute atomic E-state index is 0.320. The van der Waals surface area contributed by atoms with Gasteiger partial charge in [-0.2, -0.15) is 0 Å². The average Bonchev–Trinajstić information content (AvgIpc) is 2.77. The molecule has 1 amide bonds. The quantitative estimate of drug-likeness (QED) is 0.633. The number of benzene rings is 1. The van der Waals surface area contributed by atoms with Gasteiger partial charge in [0.25, 0.3) is 5.91 Å². The van der Waals surface area contributed by atoms with Crippen molar-refractivity contribution < 1.29 is 14.3 Å². The van der Waals surface area contributed by atoms with Gasteiger partial charge in [-0.3, -0.25) is 9.78 Å². The summed E-state index contributed by atoms with van der Waals surface area (Å²) in [5.41, 5.74) is 2.16. The molecule has 1 aromatic carbocycles. The number of methoxy groups -OCH3 is 2. The van der Waals surface area contributed by atoms with Gasteiger partial charge in [-0.25, -0.2) is 4.98 Å². The highest BCUT2D eigenvalue weighted by Crippen LogP contribution is 2.29. The van der Waals surface area contributed by atoms with E-state index in [1.807, 2.05) is 31.3 Å². The molecule has 0 saturated heterocycles. The first kappa shape index (κ1) is 20.1. The van der Waals surface area contributed by atoms with Crippen molar-refractivity contribution >= 4 is 17.4 Å². The van der Waals surface area contributed by atoms with Gasteiger partial charge in [0, 0.05) is 26.0 Å². The third-order valence-electron chi connectivity index (χ3n) is 4.54. The average molecular weight is 392 g/mol. The Morgan fingerprint density at radius 1 is 1.03 bits per heavy atom. The Labute approximate surface area is 170 Å². The molecule has 0 spiro atoms.